The molecule has 1 aromatic rings. The van der Waals surface area contributed by atoms with Crippen LogP contribution in [0.2, 0.25) is 0 Å². The van der Waals surface area contributed by atoms with Crippen molar-refractivity contribution in [3.8, 4) is 0 Å². The van der Waals surface area contributed by atoms with E-state index < -0.39 is 16.0 Å². The normalized spacial score (nSPS) is 12.6. The maximum atomic E-state index is 11.8. The molecule has 0 saturated carbocycles. The van der Waals surface area contributed by atoms with Gasteiger partial charge in [0, 0.05) is 18.0 Å². The Labute approximate surface area is 122 Å². The maximum absolute atomic E-state index is 11.8. The molecule has 1 atom stereocenters. The summed E-state index contributed by atoms with van der Waals surface area (Å²) in [6.45, 7) is 2.07. The van der Waals surface area contributed by atoms with Crippen molar-refractivity contribution in [2.75, 3.05) is 13.7 Å². The van der Waals surface area contributed by atoms with Gasteiger partial charge >= 0.3 is 5.97 Å². The highest BCUT2D eigenvalue weighted by Crippen LogP contribution is 2.19. The number of sulfonamides is 1. The first-order chi connectivity index (χ1) is 8.36. The quantitative estimate of drug-likeness (QED) is 0.758. The highest BCUT2D eigenvalue weighted by molar-refractivity contribution is 7.89. The van der Waals surface area contributed by atoms with Crippen molar-refractivity contribution in [3.05, 3.63) is 16.3 Å². The van der Waals surface area contributed by atoms with Crippen molar-refractivity contribution >= 4 is 39.7 Å². The molecule has 0 saturated heterocycles. The monoisotopic (exact) mass is 328 g/mol. The van der Waals surface area contributed by atoms with Crippen molar-refractivity contribution in [3.63, 3.8) is 0 Å². The summed E-state index contributed by atoms with van der Waals surface area (Å²) < 4.78 is 30.6. The average Bonchev–Trinajstić information content (AvgIpc) is 2.77. The number of rotatable bonds is 6. The summed E-state index contributed by atoms with van der Waals surface area (Å²) in [4.78, 5) is 11.5. The lowest BCUT2D eigenvalue weighted by Gasteiger charge is -2.06. The van der Waals surface area contributed by atoms with Gasteiger partial charge in [-0.1, -0.05) is 0 Å². The highest BCUT2D eigenvalue weighted by Gasteiger charge is 2.18. The van der Waals surface area contributed by atoms with E-state index in [1.165, 1.54) is 18.6 Å². The summed E-state index contributed by atoms with van der Waals surface area (Å²) in [6.07, 6.45) is 0.549. The van der Waals surface area contributed by atoms with Crippen LogP contribution in [0.3, 0.4) is 0 Å². The third-order valence-corrected chi connectivity index (χ3v) is 4.66. The highest BCUT2D eigenvalue weighted by atomic mass is 35.5. The molecule has 1 heterocycles. The molecular formula is C10H17ClN2O4S2. The molecule has 0 amide bonds. The van der Waals surface area contributed by atoms with Crippen molar-refractivity contribution in [1.82, 2.24) is 4.72 Å². The zero-order valence-corrected chi connectivity index (χ0v) is 13.0. The fraction of sp³-hybridized carbons (Fsp3) is 0.500. The van der Waals surface area contributed by atoms with Gasteiger partial charge in [0.25, 0.3) is 0 Å². The van der Waals surface area contributed by atoms with Crippen molar-refractivity contribution in [1.29, 1.82) is 0 Å². The van der Waals surface area contributed by atoms with Gasteiger partial charge in [-0.25, -0.2) is 17.9 Å². The fourth-order valence-corrected chi connectivity index (χ4v) is 3.41. The molecule has 1 unspecified atom stereocenters. The van der Waals surface area contributed by atoms with E-state index >= 15 is 0 Å². The molecule has 19 heavy (non-hydrogen) atoms. The smallest absolute Gasteiger partial charge is 0.348 e. The van der Waals surface area contributed by atoms with Gasteiger partial charge in [0.2, 0.25) is 10.0 Å². The van der Waals surface area contributed by atoms with Gasteiger partial charge in [-0.2, -0.15) is 0 Å². The van der Waals surface area contributed by atoms with Crippen molar-refractivity contribution < 1.29 is 17.9 Å². The molecule has 0 aliphatic heterocycles. The second kappa shape index (κ2) is 7.81. The Morgan fingerprint density at radius 2 is 2.21 bits per heavy atom. The van der Waals surface area contributed by atoms with Crippen LogP contribution in [0, 0.1) is 0 Å². The zero-order chi connectivity index (χ0) is 13.8. The second-order valence-corrected chi connectivity index (χ2v) is 6.48. The number of carbonyl (C=O) groups excluding carboxylic acids is 1. The molecule has 6 nitrogen and oxygen atoms in total. The molecule has 0 aliphatic carbocycles. The number of halogens is 1. The predicted octanol–water partition coefficient (Wildman–Crippen LogP) is 0.972. The van der Waals surface area contributed by atoms with E-state index in [1.54, 1.807) is 6.92 Å². The number of nitrogens with two attached hydrogens (primary N) is 1. The van der Waals surface area contributed by atoms with E-state index in [0.717, 1.165) is 11.3 Å². The number of hydrogen-bond acceptors (Lipinski definition) is 6. The van der Waals surface area contributed by atoms with Crippen LogP contribution < -0.4 is 10.5 Å². The van der Waals surface area contributed by atoms with E-state index in [-0.39, 0.29) is 34.8 Å². The first-order valence-corrected chi connectivity index (χ1v) is 7.65. The fourth-order valence-electron chi connectivity index (χ4n) is 1.17. The molecule has 9 heteroatoms. The number of nitrogens with one attached hydrogen (secondary N) is 1. The first-order valence-electron chi connectivity index (χ1n) is 5.29. The minimum atomic E-state index is -3.58. The SMILES string of the molecule is COC(=O)c1cc(S(=O)(=O)NCCC(C)N)cs1.Cl. The van der Waals surface area contributed by atoms with Gasteiger partial charge < -0.3 is 10.5 Å². The number of carbonyl (C=O) groups is 1. The van der Waals surface area contributed by atoms with Crippen LogP contribution in [0.5, 0.6) is 0 Å². The molecule has 0 aliphatic rings. The van der Waals surface area contributed by atoms with Crippen LogP contribution in [0.1, 0.15) is 23.0 Å². The van der Waals surface area contributed by atoms with Gasteiger partial charge in [0.05, 0.1) is 12.0 Å². The van der Waals surface area contributed by atoms with E-state index in [2.05, 4.69) is 9.46 Å². The van der Waals surface area contributed by atoms with Gasteiger partial charge in [-0.3, -0.25) is 0 Å². The van der Waals surface area contributed by atoms with Crippen LogP contribution in [0.15, 0.2) is 16.3 Å². The van der Waals surface area contributed by atoms with Crippen LogP contribution in [-0.2, 0) is 14.8 Å². The van der Waals surface area contributed by atoms with Crippen LogP contribution in [-0.4, -0.2) is 34.1 Å². The minimum absolute atomic E-state index is 0. The second-order valence-electron chi connectivity index (χ2n) is 3.80. The van der Waals surface area contributed by atoms with Crippen molar-refractivity contribution in [2.24, 2.45) is 5.73 Å². The minimum Gasteiger partial charge on any atom is -0.465 e. The molecule has 0 radical (unpaired) electrons. The molecule has 110 valence electrons. The summed E-state index contributed by atoms with van der Waals surface area (Å²) in [7, 11) is -2.33. The van der Waals surface area contributed by atoms with Crippen molar-refractivity contribution in [2.45, 2.75) is 24.3 Å². The molecule has 0 aromatic carbocycles. The predicted molar refractivity (Wildman–Crippen MR) is 76.4 cm³/mol. The number of methoxy groups -OCH3 is 1. The van der Waals surface area contributed by atoms with Gasteiger partial charge in [-0.15, -0.1) is 23.7 Å². The maximum Gasteiger partial charge on any atom is 0.348 e. The Morgan fingerprint density at radius 3 is 2.74 bits per heavy atom. The summed E-state index contributed by atoms with van der Waals surface area (Å²) in [5.41, 5.74) is 5.53. The molecule has 0 fully saturated rings. The first kappa shape index (κ1) is 18.3. The number of hydrogen-bond donors (Lipinski definition) is 2. The lowest BCUT2D eigenvalue weighted by atomic mass is 10.3. The Balaban J connectivity index is 0.00000324. The molecule has 0 bridgehead atoms. The number of esters is 1. The molecule has 0 spiro atoms. The third kappa shape index (κ3) is 5.45. The van der Waals surface area contributed by atoms with E-state index in [4.69, 9.17) is 5.73 Å². The third-order valence-electron chi connectivity index (χ3n) is 2.16. The summed E-state index contributed by atoms with van der Waals surface area (Å²) >= 11 is 1.03. The number of thiophene rings is 1. The van der Waals surface area contributed by atoms with E-state index in [9.17, 15) is 13.2 Å². The lowest BCUT2D eigenvalue weighted by Crippen LogP contribution is -2.28. The van der Waals surface area contributed by atoms with Gasteiger partial charge in [0.15, 0.2) is 0 Å². The largest absolute Gasteiger partial charge is 0.465 e. The summed E-state index contributed by atoms with van der Waals surface area (Å²) in [6, 6.07) is 1.23. The average molecular weight is 329 g/mol. The summed E-state index contributed by atoms with van der Waals surface area (Å²) in [5.74, 6) is -0.544. The van der Waals surface area contributed by atoms with E-state index in [1.807, 2.05) is 0 Å². The molecule has 3 N–H and O–H groups in total. The lowest BCUT2D eigenvalue weighted by molar-refractivity contribution is 0.0606. The molecular weight excluding hydrogens is 312 g/mol. The Kier molecular flexibility index (Phi) is 7.53. The molecule has 1 aromatic heterocycles. The van der Waals surface area contributed by atoms with Gasteiger partial charge in [0.1, 0.15) is 4.88 Å². The Hall–Kier alpha value is -0.670. The molecule has 1 rings (SSSR count). The topological polar surface area (TPSA) is 98.5 Å². The zero-order valence-electron chi connectivity index (χ0n) is 10.6. The van der Waals surface area contributed by atoms with Gasteiger partial charge in [-0.05, 0) is 19.4 Å². The standard InChI is InChI=1S/C10H16N2O4S2.ClH/c1-7(11)3-4-12-18(14,15)8-5-9(17-6-8)10(13)16-2;/h5-7,12H,3-4,11H2,1-2H3;1H. The van der Waals surface area contributed by atoms with Crippen LogP contribution in [0.4, 0.5) is 0 Å². The Bertz CT molecular complexity index is 513. The Morgan fingerprint density at radius 1 is 1.58 bits per heavy atom. The number of ether oxygens (including phenoxy) is 1. The van der Waals surface area contributed by atoms with E-state index in [0.29, 0.717) is 6.42 Å². The van der Waals surface area contributed by atoms with Crippen LogP contribution in [0.25, 0.3) is 0 Å². The van der Waals surface area contributed by atoms with Crippen LogP contribution >= 0.6 is 23.7 Å². The summed E-state index contributed by atoms with van der Waals surface area (Å²) in [5, 5.41) is 1.40.